The van der Waals surface area contributed by atoms with Gasteiger partial charge in [-0.1, -0.05) is 59.1 Å². The highest BCUT2D eigenvalue weighted by atomic mass is 35.5. The average Bonchev–Trinajstić information content (AvgIpc) is 2.74. The maximum atomic E-state index is 13.4. The summed E-state index contributed by atoms with van der Waals surface area (Å²) in [5, 5.41) is 3.32. The summed E-state index contributed by atoms with van der Waals surface area (Å²) in [7, 11) is -3.98. The van der Waals surface area contributed by atoms with E-state index in [1.807, 2.05) is 45.9 Å². The number of hydrogen-bond acceptors (Lipinski definition) is 3. The third-order valence-corrected chi connectivity index (χ3v) is 7.29. The Hall–Kier alpha value is -2.83. The highest BCUT2D eigenvalue weighted by Crippen LogP contribution is 2.26. The number of halogens is 1. The summed E-state index contributed by atoms with van der Waals surface area (Å²) in [6.45, 7) is 7.38. The standard InChI is InChI=1S/C25H27ClN2O3S/c1-17-9-12-23(13-10-17)32(30,31)28(22-7-5-6-21(26)15-22)16-25(29)27-20(4)24-14-18(2)8-11-19(24)3/h5-15,20H,16H2,1-4H3,(H,27,29). The summed E-state index contributed by atoms with van der Waals surface area (Å²) in [4.78, 5) is 13.1. The number of amides is 1. The van der Waals surface area contributed by atoms with Gasteiger partial charge in [-0.25, -0.2) is 8.42 Å². The number of benzene rings is 3. The van der Waals surface area contributed by atoms with Crippen LogP contribution in [0.4, 0.5) is 5.69 Å². The number of nitrogens with zero attached hydrogens (tertiary/aromatic N) is 1. The first-order valence-electron chi connectivity index (χ1n) is 10.3. The van der Waals surface area contributed by atoms with E-state index in [1.54, 1.807) is 42.5 Å². The fourth-order valence-electron chi connectivity index (χ4n) is 3.51. The van der Waals surface area contributed by atoms with Crippen LogP contribution < -0.4 is 9.62 Å². The second-order valence-corrected chi connectivity index (χ2v) is 10.3. The number of hydrogen-bond donors (Lipinski definition) is 1. The van der Waals surface area contributed by atoms with E-state index in [0.29, 0.717) is 10.7 Å². The Kier molecular flexibility index (Phi) is 7.26. The van der Waals surface area contributed by atoms with Gasteiger partial charge in [0.05, 0.1) is 16.6 Å². The van der Waals surface area contributed by atoms with Gasteiger partial charge in [0.2, 0.25) is 5.91 Å². The van der Waals surface area contributed by atoms with Gasteiger partial charge in [0.15, 0.2) is 0 Å². The lowest BCUT2D eigenvalue weighted by Gasteiger charge is -2.25. The van der Waals surface area contributed by atoms with Gasteiger partial charge < -0.3 is 5.32 Å². The van der Waals surface area contributed by atoms with Crippen LogP contribution in [0, 0.1) is 20.8 Å². The SMILES string of the molecule is Cc1ccc(S(=O)(=O)N(CC(=O)NC(C)c2cc(C)ccc2C)c2cccc(Cl)c2)cc1. The molecule has 1 unspecified atom stereocenters. The molecule has 0 aromatic heterocycles. The predicted molar refractivity (Wildman–Crippen MR) is 130 cm³/mol. The summed E-state index contributed by atoms with van der Waals surface area (Å²) in [6, 6.07) is 18.8. The molecular weight excluding hydrogens is 444 g/mol. The Morgan fingerprint density at radius 1 is 0.969 bits per heavy atom. The van der Waals surface area contributed by atoms with E-state index >= 15 is 0 Å². The quantitative estimate of drug-likeness (QED) is 0.507. The second-order valence-electron chi connectivity index (χ2n) is 7.95. The molecule has 1 N–H and O–H groups in total. The summed E-state index contributed by atoms with van der Waals surface area (Å²) >= 11 is 6.12. The number of carbonyl (C=O) groups is 1. The molecule has 0 spiro atoms. The number of nitrogens with one attached hydrogen (secondary N) is 1. The molecule has 0 aliphatic carbocycles. The van der Waals surface area contributed by atoms with E-state index < -0.39 is 15.9 Å². The fourth-order valence-corrected chi connectivity index (χ4v) is 5.10. The second kappa shape index (κ2) is 9.76. The molecule has 3 aromatic carbocycles. The summed E-state index contributed by atoms with van der Waals surface area (Å²) in [5.74, 6) is -0.408. The van der Waals surface area contributed by atoms with Crippen molar-refractivity contribution in [3.05, 3.63) is 94.0 Å². The zero-order chi connectivity index (χ0) is 23.5. The van der Waals surface area contributed by atoms with Crippen molar-refractivity contribution >= 4 is 33.2 Å². The van der Waals surface area contributed by atoms with E-state index in [0.717, 1.165) is 26.6 Å². The van der Waals surface area contributed by atoms with Crippen molar-refractivity contribution in [3.8, 4) is 0 Å². The van der Waals surface area contributed by atoms with E-state index in [-0.39, 0.29) is 17.5 Å². The van der Waals surface area contributed by atoms with Crippen molar-refractivity contribution < 1.29 is 13.2 Å². The van der Waals surface area contributed by atoms with Gasteiger partial charge in [-0.15, -0.1) is 0 Å². The zero-order valence-electron chi connectivity index (χ0n) is 18.6. The zero-order valence-corrected chi connectivity index (χ0v) is 20.2. The van der Waals surface area contributed by atoms with Gasteiger partial charge in [-0.3, -0.25) is 9.10 Å². The normalized spacial score (nSPS) is 12.3. The highest BCUT2D eigenvalue weighted by molar-refractivity contribution is 7.92. The third kappa shape index (κ3) is 5.50. The highest BCUT2D eigenvalue weighted by Gasteiger charge is 2.28. The largest absolute Gasteiger partial charge is 0.348 e. The van der Waals surface area contributed by atoms with Crippen LogP contribution in [0.2, 0.25) is 5.02 Å². The summed E-state index contributed by atoms with van der Waals surface area (Å²) in [6.07, 6.45) is 0. The first-order valence-corrected chi connectivity index (χ1v) is 12.1. The van der Waals surface area contributed by atoms with Crippen LogP contribution in [0.15, 0.2) is 71.6 Å². The molecule has 32 heavy (non-hydrogen) atoms. The van der Waals surface area contributed by atoms with Gasteiger partial charge >= 0.3 is 0 Å². The minimum atomic E-state index is -3.98. The maximum Gasteiger partial charge on any atom is 0.264 e. The molecule has 7 heteroatoms. The lowest BCUT2D eigenvalue weighted by molar-refractivity contribution is -0.120. The minimum Gasteiger partial charge on any atom is -0.348 e. The van der Waals surface area contributed by atoms with Gasteiger partial charge in [0, 0.05) is 5.02 Å². The maximum absolute atomic E-state index is 13.4. The molecule has 5 nitrogen and oxygen atoms in total. The summed E-state index contributed by atoms with van der Waals surface area (Å²) in [5.41, 5.74) is 4.41. The van der Waals surface area contributed by atoms with E-state index in [2.05, 4.69) is 5.32 Å². The van der Waals surface area contributed by atoms with Crippen molar-refractivity contribution in [2.75, 3.05) is 10.8 Å². The molecule has 1 amide bonds. The third-order valence-electron chi connectivity index (χ3n) is 5.27. The molecule has 0 saturated heterocycles. The summed E-state index contributed by atoms with van der Waals surface area (Å²) < 4.78 is 28.0. The minimum absolute atomic E-state index is 0.110. The van der Waals surface area contributed by atoms with Crippen LogP contribution in [0.25, 0.3) is 0 Å². The fraction of sp³-hybridized carbons (Fsp3) is 0.240. The van der Waals surface area contributed by atoms with Gasteiger partial charge in [0.25, 0.3) is 10.0 Å². The van der Waals surface area contributed by atoms with E-state index in [9.17, 15) is 13.2 Å². The monoisotopic (exact) mass is 470 g/mol. The van der Waals surface area contributed by atoms with Crippen LogP contribution in [-0.4, -0.2) is 20.9 Å². The number of rotatable bonds is 7. The predicted octanol–water partition coefficient (Wildman–Crippen LogP) is 5.34. The van der Waals surface area contributed by atoms with Gasteiger partial charge in [0.1, 0.15) is 6.54 Å². The lowest BCUT2D eigenvalue weighted by atomic mass is 10.00. The van der Waals surface area contributed by atoms with Crippen LogP contribution in [0.3, 0.4) is 0 Å². The van der Waals surface area contributed by atoms with Crippen molar-refractivity contribution in [1.82, 2.24) is 5.32 Å². The van der Waals surface area contributed by atoms with Crippen molar-refractivity contribution in [3.63, 3.8) is 0 Å². The van der Waals surface area contributed by atoms with Gasteiger partial charge in [-0.2, -0.15) is 0 Å². The van der Waals surface area contributed by atoms with Crippen molar-refractivity contribution in [1.29, 1.82) is 0 Å². The Bertz CT molecular complexity index is 1220. The molecule has 0 fully saturated rings. The van der Waals surface area contributed by atoms with Crippen molar-refractivity contribution in [2.45, 2.75) is 38.6 Å². The molecule has 0 aliphatic heterocycles. The van der Waals surface area contributed by atoms with Gasteiger partial charge in [-0.05, 0) is 69.2 Å². The molecular formula is C25H27ClN2O3S. The van der Waals surface area contributed by atoms with Crippen LogP contribution in [0.1, 0.15) is 35.2 Å². The average molecular weight is 471 g/mol. The Labute approximate surface area is 195 Å². The molecule has 3 rings (SSSR count). The molecule has 3 aromatic rings. The Morgan fingerprint density at radius 2 is 1.62 bits per heavy atom. The molecule has 0 bridgehead atoms. The molecule has 0 radical (unpaired) electrons. The topological polar surface area (TPSA) is 66.5 Å². The number of sulfonamides is 1. The van der Waals surface area contributed by atoms with Crippen LogP contribution in [0.5, 0.6) is 0 Å². The van der Waals surface area contributed by atoms with Crippen molar-refractivity contribution in [2.24, 2.45) is 0 Å². The molecule has 0 saturated carbocycles. The molecule has 0 heterocycles. The smallest absolute Gasteiger partial charge is 0.264 e. The number of carbonyl (C=O) groups excluding carboxylic acids is 1. The Morgan fingerprint density at radius 3 is 2.28 bits per heavy atom. The Balaban J connectivity index is 1.91. The lowest BCUT2D eigenvalue weighted by Crippen LogP contribution is -2.41. The van der Waals surface area contributed by atoms with E-state index in [1.165, 1.54) is 6.07 Å². The molecule has 168 valence electrons. The van der Waals surface area contributed by atoms with E-state index in [4.69, 9.17) is 11.6 Å². The van der Waals surface area contributed by atoms with Crippen LogP contribution in [-0.2, 0) is 14.8 Å². The van der Waals surface area contributed by atoms with Crippen LogP contribution >= 0.6 is 11.6 Å². The number of aryl methyl sites for hydroxylation is 3. The molecule has 0 aliphatic rings. The number of anilines is 1. The first-order chi connectivity index (χ1) is 15.1. The first kappa shape index (κ1) is 23.8. The molecule has 1 atom stereocenters.